The number of ether oxygens (including phenoxy) is 1. The molecule has 1 saturated heterocycles. The minimum atomic E-state index is 0.0717. The summed E-state index contributed by atoms with van der Waals surface area (Å²) in [6.45, 7) is 6.49. The van der Waals surface area contributed by atoms with E-state index in [-0.39, 0.29) is 11.9 Å². The van der Waals surface area contributed by atoms with E-state index < -0.39 is 0 Å². The number of hydrogen-bond donors (Lipinski definition) is 0. The second-order valence-electron chi connectivity index (χ2n) is 6.66. The van der Waals surface area contributed by atoms with Crippen LogP contribution in [0, 0.1) is 19.8 Å². The van der Waals surface area contributed by atoms with E-state index in [1.807, 2.05) is 29.6 Å². The van der Waals surface area contributed by atoms with Gasteiger partial charge in [0.15, 0.2) is 0 Å². The van der Waals surface area contributed by atoms with Crippen molar-refractivity contribution in [3.63, 3.8) is 0 Å². The average molecular weight is 347 g/mol. The van der Waals surface area contributed by atoms with Gasteiger partial charge < -0.3 is 9.64 Å². The molecule has 24 heavy (non-hydrogen) atoms. The molecule has 0 spiro atoms. The molecule has 128 valence electrons. The van der Waals surface area contributed by atoms with E-state index >= 15 is 0 Å². The van der Waals surface area contributed by atoms with E-state index in [1.165, 1.54) is 24.2 Å². The number of thiazole rings is 1. The summed E-state index contributed by atoms with van der Waals surface area (Å²) in [5.41, 5.74) is 1.68. The van der Waals surface area contributed by atoms with Crippen molar-refractivity contribution >= 4 is 17.2 Å². The van der Waals surface area contributed by atoms with Crippen LogP contribution in [-0.4, -0.2) is 50.5 Å². The molecule has 2 aromatic heterocycles. The zero-order valence-corrected chi connectivity index (χ0v) is 14.8. The second-order valence-corrected chi connectivity index (χ2v) is 7.86. The number of hydrogen-bond acceptors (Lipinski definition) is 6. The quantitative estimate of drug-likeness (QED) is 0.799. The highest BCUT2D eigenvalue weighted by atomic mass is 32.1. The average Bonchev–Trinajstić information content (AvgIpc) is 3.10. The fraction of sp³-hybridized carbons (Fsp3) is 0.625. The second kappa shape index (κ2) is 6.25. The molecule has 1 saturated carbocycles. The van der Waals surface area contributed by atoms with Crippen molar-refractivity contribution in [2.75, 3.05) is 19.7 Å². The molecule has 2 aliphatic rings. The highest BCUT2D eigenvalue weighted by Gasteiger charge is 2.34. The minimum Gasteiger partial charge on any atom is -0.375 e. The Kier molecular flexibility index (Phi) is 4.09. The molecule has 0 atom stereocenters. The normalized spacial score (nSPS) is 18.0. The lowest BCUT2D eigenvalue weighted by Crippen LogP contribution is -2.50. The van der Waals surface area contributed by atoms with E-state index in [0.29, 0.717) is 19.7 Å². The fourth-order valence-electron chi connectivity index (χ4n) is 2.83. The topological polar surface area (TPSA) is 73.1 Å². The number of aromatic nitrogens is 4. The SMILES string of the molecule is Cc1nc(C)c(C(=O)N2CC(n3cc(COCC4CC4)nn3)C2)s1. The van der Waals surface area contributed by atoms with Crippen LogP contribution in [0.4, 0.5) is 0 Å². The molecule has 8 heteroatoms. The molecule has 1 amide bonds. The standard InChI is InChI=1S/C16H21N5O2S/c1-10-15(24-11(2)17-10)16(22)20-6-14(7-20)21-5-13(18-19-21)9-23-8-12-3-4-12/h5,12,14H,3-4,6-9H2,1-2H3. The van der Waals surface area contributed by atoms with Crippen molar-refractivity contribution in [2.45, 2.75) is 39.3 Å². The Labute approximate surface area is 144 Å². The lowest BCUT2D eigenvalue weighted by molar-refractivity contribution is 0.0502. The zero-order valence-electron chi connectivity index (χ0n) is 13.9. The van der Waals surface area contributed by atoms with Gasteiger partial charge in [-0.1, -0.05) is 5.21 Å². The highest BCUT2D eigenvalue weighted by Crippen LogP contribution is 2.29. The maximum Gasteiger partial charge on any atom is 0.266 e. The molecule has 2 fully saturated rings. The Morgan fingerprint density at radius 3 is 2.83 bits per heavy atom. The number of rotatable bonds is 6. The van der Waals surface area contributed by atoms with Gasteiger partial charge in [0.2, 0.25) is 0 Å². The zero-order chi connectivity index (χ0) is 16.7. The third-order valence-corrected chi connectivity index (χ3v) is 5.54. The summed E-state index contributed by atoms with van der Waals surface area (Å²) in [5.74, 6) is 0.826. The van der Waals surface area contributed by atoms with Crippen molar-refractivity contribution in [1.82, 2.24) is 24.9 Å². The first-order chi connectivity index (χ1) is 11.6. The van der Waals surface area contributed by atoms with Crippen molar-refractivity contribution in [3.05, 3.63) is 27.5 Å². The molecule has 0 aromatic carbocycles. The number of likely N-dealkylation sites (tertiary alicyclic amines) is 1. The smallest absolute Gasteiger partial charge is 0.266 e. The summed E-state index contributed by atoms with van der Waals surface area (Å²) in [5, 5.41) is 9.27. The summed E-state index contributed by atoms with van der Waals surface area (Å²) in [4.78, 5) is 19.4. The van der Waals surface area contributed by atoms with Gasteiger partial charge in [-0.05, 0) is 32.6 Å². The monoisotopic (exact) mass is 347 g/mol. The lowest BCUT2D eigenvalue weighted by Gasteiger charge is -2.38. The van der Waals surface area contributed by atoms with Crippen molar-refractivity contribution in [3.8, 4) is 0 Å². The van der Waals surface area contributed by atoms with Gasteiger partial charge in [-0.15, -0.1) is 16.4 Å². The molecule has 0 N–H and O–H groups in total. The molecular weight excluding hydrogens is 326 g/mol. The Hall–Kier alpha value is -1.80. The van der Waals surface area contributed by atoms with E-state index in [2.05, 4.69) is 15.3 Å². The van der Waals surface area contributed by atoms with E-state index in [9.17, 15) is 4.79 Å². The third kappa shape index (κ3) is 3.21. The van der Waals surface area contributed by atoms with Crippen LogP contribution >= 0.6 is 11.3 Å². The van der Waals surface area contributed by atoms with Gasteiger partial charge in [-0.25, -0.2) is 9.67 Å². The van der Waals surface area contributed by atoms with Gasteiger partial charge in [0, 0.05) is 19.7 Å². The highest BCUT2D eigenvalue weighted by molar-refractivity contribution is 7.13. The van der Waals surface area contributed by atoms with Gasteiger partial charge in [-0.3, -0.25) is 4.79 Å². The summed E-state index contributed by atoms with van der Waals surface area (Å²) in [6, 6.07) is 0.202. The molecule has 1 aliphatic carbocycles. The molecule has 3 heterocycles. The van der Waals surface area contributed by atoms with Gasteiger partial charge in [-0.2, -0.15) is 0 Å². The summed E-state index contributed by atoms with van der Waals surface area (Å²) < 4.78 is 7.49. The first kappa shape index (κ1) is 15.7. The number of nitrogens with zero attached hydrogens (tertiary/aromatic N) is 5. The van der Waals surface area contributed by atoms with E-state index in [1.54, 1.807) is 0 Å². The van der Waals surface area contributed by atoms with Crippen LogP contribution in [0.5, 0.6) is 0 Å². The van der Waals surface area contributed by atoms with Crippen LogP contribution in [0.3, 0.4) is 0 Å². The summed E-state index contributed by atoms with van der Waals surface area (Å²) in [6.07, 6.45) is 4.51. The van der Waals surface area contributed by atoms with Crippen molar-refractivity contribution < 1.29 is 9.53 Å². The van der Waals surface area contributed by atoms with Gasteiger partial charge >= 0.3 is 0 Å². The maximum absolute atomic E-state index is 12.5. The Morgan fingerprint density at radius 2 is 2.17 bits per heavy atom. The molecular formula is C16H21N5O2S. The lowest BCUT2D eigenvalue weighted by atomic mass is 10.1. The Morgan fingerprint density at radius 1 is 1.38 bits per heavy atom. The third-order valence-electron chi connectivity index (χ3n) is 4.48. The first-order valence-corrected chi connectivity index (χ1v) is 9.13. The van der Waals surface area contributed by atoms with Gasteiger partial charge in [0.05, 0.1) is 29.5 Å². The Balaban J connectivity index is 1.29. The van der Waals surface area contributed by atoms with Gasteiger partial charge in [0.25, 0.3) is 5.91 Å². The molecule has 1 aliphatic heterocycles. The summed E-state index contributed by atoms with van der Waals surface area (Å²) in [7, 11) is 0. The molecule has 2 aromatic rings. The Bertz CT molecular complexity index is 745. The van der Waals surface area contributed by atoms with Crippen LogP contribution in [-0.2, 0) is 11.3 Å². The predicted octanol–water partition coefficient (Wildman–Crippen LogP) is 1.98. The van der Waals surface area contributed by atoms with Crippen LogP contribution in [0.1, 0.15) is 45.0 Å². The number of aryl methyl sites for hydroxylation is 2. The summed E-state index contributed by atoms with van der Waals surface area (Å²) >= 11 is 1.46. The number of carbonyl (C=O) groups is 1. The largest absolute Gasteiger partial charge is 0.375 e. The van der Waals surface area contributed by atoms with E-state index in [4.69, 9.17) is 4.74 Å². The van der Waals surface area contributed by atoms with E-state index in [0.717, 1.165) is 33.8 Å². The molecule has 0 unspecified atom stereocenters. The van der Waals surface area contributed by atoms with Crippen LogP contribution in [0.2, 0.25) is 0 Å². The maximum atomic E-state index is 12.5. The first-order valence-electron chi connectivity index (χ1n) is 8.32. The van der Waals surface area contributed by atoms with Crippen molar-refractivity contribution in [2.24, 2.45) is 5.92 Å². The van der Waals surface area contributed by atoms with Gasteiger partial charge in [0.1, 0.15) is 10.6 Å². The van der Waals surface area contributed by atoms with Crippen LogP contribution in [0.25, 0.3) is 0 Å². The van der Waals surface area contributed by atoms with Crippen LogP contribution in [0.15, 0.2) is 6.20 Å². The molecule has 4 rings (SSSR count). The number of carbonyl (C=O) groups excluding carboxylic acids is 1. The van der Waals surface area contributed by atoms with Crippen molar-refractivity contribution in [1.29, 1.82) is 0 Å². The molecule has 0 bridgehead atoms. The predicted molar refractivity (Wildman–Crippen MR) is 88.9 cm³/mol. The van der Waals surface area contributed by atoms with Crippen LogP contribution < -0.4 is 0 Å². The molecule has 0 radical (unpaired) electrons. The fourth-order valence-corrected chi connectivity index (χ4v) is 3.72. The minimum absolute atomic E-state index is 0.0717. The number of amides is 1. The molecule has 7 nitrogen and oxygen atoms in total.